The normalized spacial score (nSPS) is 24.9. The van der Waals surface area contributed by atoms with Gasteiger partial charge in [0, 0.05) is 106 Å². The number of piperidine rings is 1. The van der Waals surface area contributed by atoms with Gasteiger partial charge < -0.3 is 40.5 Å². The maximum atomic E-state index is 14.2. The van der Waals surface area contributed by atoms with E-state index in [1.807, 2.05) is 68.1 Å². The lowest BCUT2D eigenvalue weighted by Gasteiger charge is -2.46. The van der Waals surface area contributed by atoms with Gasteiger partial charge in [-0.3, -0.25) is 19.4 Å². The van der Waals surface area contributed by atoms with Crippen molar-refractivity contribution >= 4 is 28.9 Å². The Kier molecular flexibility index (Phi) is 14.1. The summed E-state index contributed by atoms with van der Waals surface area (Å²) in [5, 5.41) is 37.2. The molecule has 15 nitrogen and oxygen atoms in total. The number of likely N-dealkylation sites (tertiary alicyclic amines) is 2. The Morgan fingerprint density at radius 3 is 2.32 bits per heavy atom. The molecule has 4 atom stereocenters. The number of piperazine rings is 1. The average Bonchev–Trinajstić information content (AvgIpc) is 3.93. The maximum Gasteiger partial charge on any atom is 0.318 e. The van der Waals surface area contributed by atoms with Gasteiger partial charge in [0.1, 0.15) is 17.8 Å². The number of hydrogen-bond donors (Lipinski definition) is 5. The number of β-amino-alcohol motifs (C(OH)–C–C–N with tert-alkyl or cyclic N) is 1. The molecule has 1 aliphatic carbocycles. The number of aromatic amines is 1. The number of nitrogens with one attached hydrogen (secondary N) is 3. The molecule has 15 heteroatoms. The fourth-order valence-corrected chi connectivity index (χ4v) is 11.8. The van der Waals surface area contributed by atoms with Crippen LogP contribution in [0.15, 0.2) is 54.6 Å². The van der Waals surface area contributed by atoms with Crippen molar-refractivity contribution < 1.29 is 24.6 Å². The number of amides is 4. The fraction of sp³-hybridized carbons (Fsp3) is 0.566. The molecule has 1 saturated carbocycles. The first-order valence-electron chi connectivity index (χ1n) is 25.0. The molecule has 6 heterocycles. The van der Waals surface area contributed by atoms with Crippen LogP contribution in [-0.2, 0) is 22.6 Å². The van der Waals surface area contributed by atoms with Crippen molar-refractivity contribution in [2.45, 2.75) is 122 Å². The summed E-state index contributed by atoms with van der Waals surface area (Å²) in [6, 6.07) is 16.2. The molecule has 0 unspecified atom stereocenters. The van der Waals surface area contributed by atoms with Crippen LogP contribution in [0.4, 0.5) is 4.79 Å². The van der Waals surface area contributed by atoms with E-state index >= 15 is 0 Å². The second kappa shape index (κ2) is 20.2. The largest absolute Gasteiger partial charge is 0.507 e. The van der Waals surface area contributed by atoms with E-state index in [1.165, 1.54) is 54.7 Å². The molecule has 2 aromatic carbocycles. The molecule has 2 aromatic heterocycles. The quantitative estimate of drug-likeness (QED) is 0.132. The van der Waals surface area contributed by atoms with E-state index < -0.39 is 23.6 Å². The Balaban J connectivity index is 0.712. The number of carbonyl (C=O) groups is 3. The zero-order valence-corrected chi connectivity index (χ0v) is 40.3. The number of para-hydroxylation sites is 1. The average molecular weight is 927 g/mol. The third-order valence-electron chi connectivity index (χ3n) is 15.7. The maximum absolute atomic E-state index is 14.2. The summed E-state index contributed by atoms with van der Waals surface area (Å²) in [6.45, 7) is 15.5. The molecule has 9 rings (SSSR count). The van der Waals surface area contributed by atoms with Gasteiger partial charge in [0.2, 0.25) is 11.8 Å². The van der Waals surface area contributed by atoms with E-state index in [1.54, 1.807) is 6.07 Å². The molecule has 4 aromatic rings. The summed E-state index contributed by atoms with van der Waals surface area (Å²) in [5.41, 5.74) is 5.77. The summed E-state index contributed by atoms with van der Waals surface area (Å²) >= 11 is 0. The molecule has 0 radical (unpaired) electrons. The number of carbonyl (C=O) groups excluding carboxylic acids is 3. The topological polar surface area (TPSA) is 173 Å². The predicted molar refractivity (Wildman–Crippen MR) is 262 cm³/mol. The molecule has 4 aliphatic heterocycles. The van der Waals surface area contributed by atoms with Crippen molar-refractivity contribution in [2.24, 2.45) is 11.3 Å². The van der Waals surface area contributed by atoms with Crippen LogP contribution < -0.4 is 10.6 Å². The minimum atomic E-state index is -0.879. The van der Waals surface area contributed by atoms with Crippen molar-refractivity contribution in [1.29, 1.82) is 0 Å². The van der Waals surface area contributed by atoms with Crippen LogP contribution >= 0.6 is 0 Å². The molecule has 68 heavy (non-hydrogen) atoms. The van der Waals surface area contributed by atoms with E-state index in [4.69, 9.17) is 6.42 Å². The molecule has 4 fully saturated rings. The van der Waals surface area contributed by atoms with Gasteiger partial charge in [0.15, 0.2) is 5.65 Å². The van der Waals surface area contributed by atoms with E-state index in [9.17, 15) is 24.6 Å². The van der Waals surface area contributed by atoms with Gasteiger partial charge in [-0.05, 0) is 111 Å². The third kappa shape index (κ3) is 10.2. The van der Waals surface area contributed by atoms with Crippen molar-refractivity contribution in [3.63, 3.8) is 0 Å². The van der Waals surface area contributed by atoms with Crippen molar-refractivity contribution in [1.82, 2.24) is 50.3 Å². The van der Waals surface area contributed by atoms with Gasteiger partial charge in [-0.1, -0.05) is 51.0 Å². The molecule has 5 aliphatic rings. The first-order chi connectivity index (χ1) is 32.7. The summed E-state index contributed by atoms with van der Waals surface area (Å²) in [5.74, 6) is 2.74. The summed E-state index contributed by atoms with van der Waals surface area (Å²) in [4.78, 5) is 56.2. The number of nitrogens with zero attached hydrogens (tertiary/aromatic N) is 7. The highest BCUT2D eigenvalue weighted by Gasteiger charge is 2.45. The molecule has 3 saturated heterocycles. The Hall–Kier alpha value is -5.53. The first-order valence-corrected chi connectivity index (χ1v) is 25.0. The van der Waals surface area contributed by atoms with Crippen LogP contribution in [0, 0.1) is 23.7 Å². The number of H-pyrrole nitrogens is 1. The molecule has 5 N–H and O–H groups in total. The number of phenols is 1. The molecular weight excluding hydrogens is 857 g/mol. The van der Waals surface area contributed by atoms with Crippen LogP contribution in [0.2, 0.25) is 0 Å². The van der Waals surface area contributed by atoms with Crippen LogP contribution in [-0.4, -0.2) is 157 Å². The third-order valence-corrected chi connectivity index (χ3v) is 15.7. The number of benzene rings is 2. The van der Waals surface area contributed by atoms with Crippen LogP contribution in [0.1, 0.15) is 101 Å². The van der Waals surface area contributed by atoms with E-state index in [-0.39, 0.29) is 49.1 Å². The Bertz CT molecular complexity index is 2470. The Labute approximate surface area is 401 Å². The minimum absolute atomic E-state index is 0.0315. The second-order valence-electron chi connectivity index (χ2n) is 21.1. The molecular formula is C53H70N10O5. The highest BCUT2D eigenvalue weighted by molar-refractivity contribution is 5.93. The second-order valence-corrected chi connectivity index (χ2v) is 21.1. The zero-order chi connectivity index (χ0) is 47.7. The number of terminal acetylenes is 1. The number of aromatic nitrogens is 3. The number of aromatic hydroxyl groups is 1. The van der Waals surface area contributed by atoms with Gasteiger partial charge in [-0.2, -0.15) is 0 Å². The van der Waals surface area contributed by atoms with E-state index in [0.717, 1.165) is 67.8 Å². The number of aliphatic hydroxyl groups is 1. The van der Waals surface area contributed by atoms with Crippen molar-refractivity contribution in [2.75, 3.05) is 58.9 Å². The molecule has 0 spiro atoms. The van der Waals surface area contributed by atoms with Crippen LogP contribution in [0.3, 0.4) is 0 Å². The number of phenolic OH excluding ortho intramolecular Hbond substituents is 1. The van der Waals surface area contributed by atoms with Crippen molar-refractivity contribution in [3.8, 4) is 29.4 Å². The number of hydrogen-bond acceptors (Lipinski definition) is 10. The van der Waals surface area contributed by atoms with Crippen LogP contribution in [0.5, 0.6) is 5.75 Å². The standard InChI is InChI=1S/C53H70N10O5/c1-6-35-11-13-36(14-12-35)31-54-50(66)45-29-40(64)33-63(45)51(67)48(53(3,4)5)56-52(68)61-27-25-59(26-28-61)32-37-15-17-38(18-16-37)60-22-19-39(20-23-60)62-24-21-43-47(34(62)2)42-30-44(57-58-49(42)55-43)41-9-7-8-10-46(41)65/h1,7-14,30,34,37-40,45,48,64-65H,15-29,31-33H2,2-5H3,(H,54,66)(H,55,58)(H,56,68)/t34-,37?,38?,40-,45+,48-/m1/s1. The van der Waals surface area contributed by atoms with Gasteiger partial charge in [-0.15, -0.1) is 16.6 Å². The lowest BCUT2D eigenvalue weighted by molar-refractivity contribution is -0.142. The van der Waals surface area contributed by atoms with Crippen molar-refractivity contribution in [3.05, 3.63) is 77.0 Å². The molecule has 0 bridgehead atoms. The summed E-state index contributed by atoms with van der Waals surface area (Å²) in [7, 11) is 0. The number of rotatable bonds is 10. The van der Waals surface area contributed by atoms with E-state index in [2.05, 4.69) is 59.4 Å². The lowest BCUT2D eigenvalue weighted by atomic mass is 9.84. The number of fused-ring (bicyclic) bond motifs is 3. The fourth-order valence-electron chi connectivity index (χ4n) is 11.8. The smallest absolute Gasteiger partial charge is 0.318 e. The zero-order valence-electron chi connectivity index (χ0n) is 40.3. The SMILES string of the molecule is C#Cc1ccc(CNC(=O)[C@@H]2C[C@@H](O)CN2C(=O)[C@@H](NC(=O)N2CCN(CC3CCC(N4CCC(N5CCc6[nH]c7nnc(-c8ccccc8O)cc7c6[C@H]5C)CC4)CC3)CC2)C(C)(C)C)cc1. The predicted octanol–water partition coefficient (Wildman–Crippen LogP) is 5.27. The molecule has 362 valence electrons. The highest BCUT2D eigenvalue weighted by Crippen LogP contribution is 2.40. The number of aliphatic hydroxyl groups excluding tert-OH is 1. The van der Waals surface area contributed by atoms with Gasteiger partial charge >= 0.3 is 6.03 Å². The van der Waals surface area contributed by atoms with Gasteiger partial charge in [-0.25, -0.2) is 4.79 Å². The van der Waals surface area contributed by atoms with Gasteiger partial charge in [0.05, 0.1) is 11.8 Å². The lowest BCUT2D eigenvalue weighted by Crippen LogP contribution is -2.61. The van der Waals surface area contributed by atoms with E-state index in [0.29, 0.717) is 42.3 Å². The summed E-state index contributed by atoms with van der Waals surface area (Å²) in [6.07, 6.45) is 13.0. The van der Waals surface area contributed by atoms with Gasteiger partial charge in [0.25, 0.3) is 0 Å². The Morgan fingerprint density at radius 2 is 1.63 bits per heavy atom. The first kappa shape index (κ1) is 47.5. The summed E-state index contributed by atoms with van der Waals surface area (Å²) < 4.78 is 0. The van der Waals surface area contributed by atoms with Crippen LogP contribution in [0.25, 0.3) is 22.3 Å². The monoisotopic (exact) mass is 927 g/mol. The number of urea groups is 1. The molecule has 4 amide bonds. The highest BCUT2D eigenvalue weighted by atomic mass is 16.3. The Morgan fingerprint density at radius 1 is 0.912 bits per heavy atom. The minimum Gasteiger partial charge on any atom is -0.507 e.